The highest BCUT2D eigenvalue weighted by atomic mass is 16.1. The van der Waals surface area contributed by atoms with Gasteiger partial charge in [-0.3, -0.25) is 4.79 Å². The molecule has 9 rings (SSSR count). The van der Waals surface area contributed by atoms with Gasteiger partial charge in [-0.1, -0.05) is 199 Å². The highest BCUT2D eigenvalue weighted by Crippen LogP contribution is 2.44. The Labute approximate surface area is 348 Å². The summed E-state index contributed by atoms with van der Waals surface area (Å²) in [6.07, 6.45) is 2.29. The van der Waals surface area contributed by atoms with Crippen LogP contribution >= 0.6 is 0 Å². The van der Waals surface area contributed by atoms with Gasteiger partial charge in [0.05, 0.1) is 11.6 Å². The molecule has 0 amide bonds. The predicted molar refractivity (Wildman–Crippen MR) is 237 cm³/mol. The smallest absolute Gasteiger partial charge is 0.182 e. The first-order valence-electron chi connectivity index (χ1n) is 19.7. The summed E-state index contributed by atoms with van der Waals surface area (Å²) in [4.78, 5) is 18.2. The number of nitriles is 1. The van der Waals surface area contributed by atoms with Crippen LogP contribution in [0.15, 0.2) is 218 Å². The third-order valence-corrected chi connectivity index (χ3v) is 11.1. The molecule has 7 heteroatoms. The van der Waals surface area contributed by atoms with Gasteiger partial charge in [-0.25, -0.2) is 9.67 Å². The number of allylic oxidation sites excluding steroid dienone is 1. The van der Waals surface area contributed by atoms with E-state index < -0.39 is 11.1 Å². The molecule has 7 aromatic carbocycles. The number of benzene rings is 7. The average molecular weight is 775 g/mol. The lowest BCUT2D eigenvalue weighted by molar-refractivity contribution is -0.104. The van der Waals surface area contributed by atoms with Gasteiger partial charge in [0.15, 0.2) is 5.65 Å². The molecule has 0 saturated heterocycles. The molecule has 7 nitrogen and oxygen atoms in total. The summed E-state index contributed by atoms with van der Waals surface area (Å²) in [7, 11) is 0. The number of anilines is 1. The van der Waals surface area contributed by atoms with Crippen LogP contribution in [0.25, 0.3) is 16.7 Å². The maximum atomic E-state index is 12.6. The van der Waals surface area contributed by atoms with Crippen LogP contribution in [0.1, 0.15) is 50.1 Å². The highest BCUT2D eigenvalue weighted by molar-refractivity contribution is 5.98. The van der Waals surface area contributed by atoms with Gasteiger partial charge in [-0.15, -0.1) is 5.10 Å². The van der Waals surface area contributed by atoms with E-state index in [2.05, 4.69) is 84.2 Å². The number of hydrogen-bond donors (Lipinski definition) is 1. The summed E-state index contributed by atoms with van der Waals surface area (Å²) in [5.74, 6) is 0.508. The van der Waals surface area contributed by atoms with Crippen molar-refractivity contribution >= 4 is 28.8 Å². The molecule has 60 heavy (non-hydrogen) atoms. The Morgan fingerprint density at radius 3 is 1.45 bits per heavy atom. The zero-order valence-corrected chi connectivity index (χ0v) is 32.5. The van der Waals surface area contributed by atoms with E-state index in [1.54, 1.807) is 12.1 Å². The molecule has 0 spiro atoms. The van der Waals surface area contributed by atoms with Crippen LogP contribution in [0.2, 0.25) is 0 Å². The number of aldehydes is 1. The van der Waals surface area contributed by atoms with Crippen LogP contribution in [-0.2, 0) is 15.9 Å². The number of nitrogens with one attached hydrogen (secondary N) is 1. The van der Waals surface area contributed by atoms with E-state index in [1.165, 1.54) is 6.08 Å². The summed E-state index contributed by atoms with van der Waals surface area (Å²) < 4.78 is 1.91. The van der Waals surface area contributed by atoms with Crippen molar-refractivity contribution in [2.75, 3.05) is 5.32 Å². The Balaban J connectivity index is 1.42. The Morgan fingerprint density at radius 1 is 0.567 bits per heavy atom. The van der Waals surface area contributed by atoms with Crippen molar-refractivity contribution in [1.82, 2.24) is 20.0 Å². The van der Waals surface area contributed by atoms with E-state index in [1.807, 2.05) is 132 Å². The normalized spacial score (nSPS) is 11.8. The molecule has 0 bridgehead atoms. The van der Waals surface area contributed by atoms with E-state index in [0.717, 1.165) is 39.7 Å². The van der Waals surface area contributed by atoms with E-state index in [9.17, 15) is 10.1 Å². The van der Waals surface area contributed by atoms with Crippen LogP contribution in [0, 0.1) is 11.3 Å². The molecule has 2 heterocycles. The molecule has 2 aromatic heterocycles. The number of carbonyl (C=O) groups is 1. The highest BCUT2D eigenvalue weighted by Gasteiger charge is 2.42. The average Bonchev–Trinajstić information content (AvgIpc) is 3.76. The van der Waals surface area contributed by atoms with Gasteiger partial charge >= 0.3 is 0 Å². The lowest BCUT2D eigenvalue weighted by Crippen LogP contribution is -2.39. The Morgan fingerprint density at radius 2 is 1.02 bits per heavy atom. The molecule has 0 aliphatic rings. The fourth-order valence-corrected chi connectivity index (χ4v) is 8.44. The summed E-state index contributed by atoms with van der Waals surface area (Å²) in [6, 6.07) is 73.3. The minimum atomic E-state index is -1.05. The van der Waals surface area contributed by atoms with Crippen molar-refractivity contribution in [3.8, 4) is 6.07 Å². The first-order chi connectivity index (χ1) is 29.7. The van der Waals surface area contributed by atoms with Gasteiger partial charge in [0.25, 0.3) is 0 Å². The third kappa shape index (κ3) is 6.52. The number of rotatable bonds is 12. The van der Waals surface area contributed by atoms with Crippen molar-refractivity contribution in [3.05, 3.63) is 268 Å². The largest absolute Gasteiger partial charge is 0.353 e. The standard InChI is InChI=1S/C53H38N6O/c54-38-39-20-19-21-40(36-39)47(34-35-60)48-37-49(56-52(41-22-7-1-8-23-41,42-24-9-2-10-25-42)43-26-11-3-12-27-43)55-51-50(48)57-58-59(51)53(44-28-13-4-14-29-44,45-30-15-5-16-31-45)46-32-17-6-18-33-46/h1-37H,(H,55,56)/b47-34+. The van der Waals surface area contributed by atoms with Crippen LogP contribution < -0.4 is 5.32 Å². The summed E-state index contributed by atoms with van der Waals surface area (Å²) in [5, 5.41) is 23.9. The number of nitrogens with zero attached hydrogens (tertiary/aromatic N) is 5. The van der Waals surface area contributed by atoms with E-state index in [-0.39, 0.29) is 0 Å². The molecule has 0 unspecified atom stereocenters. The third-order valence-electron chi connectivity index (χ3n) is 11.1. The van der Waals surface area contributed by atoms with E-state index >= 15 is 0 Å². The van der Waals surface area contributed by atoms with Crippen molar-refractivity contribution in [1.29, 1.82) is 5.26 Å². The van der Waals surface area contributed by atoms with E-state index in [0.29, 0.717) is 39.2 Å². The topological polar surface area (TPSA) is 96.5 Å². The van der Waals surface area contributed by atoms with Gasteiger partial charge in [0.2, 0.25) is 0 Å². The second-order valence-electron chi connectivity index (χ2n) is 14.4. The minimum Gasteiger partial charge on any atom is -0.353 e. The van der Waals surface area contributed by atoms with Crippen LogP contribution in [0.4, 0.5) is 5.82 Å². The van der Waals surface area contributed by atoms with Gasteiger partial charge in [0, 0.05) is 5.56 Å². The summed E-state index contributed by atoms with van der Waals surface area (Å²) in [5.41, 5.74) is 7.13. The first-order valence-corrected chi connectivity index (χ1v) is 19.7. The molecule has 0 saturated carbocycles. The second-order valence-corrected chi connectivity index (χ2v) is 14.4. The second kappa shape index (κ2) is 16.3. The van der Waals surface area contributed by atoms with E-state index in [4.69, 9.17) is 15.3 Å². The van der Waals surface area contributed by atoms with Crippen LogP contribution in [0.5, 0.6) is 0 Å². The lowest BCUT2D eigenvalue weighted by Gasteiger charge is -2.38. The Bertz CT molecular complexity index is 2770. The summed E-state index contributed by atoms with van der Waals surface area (Å²) in [6.45, 7) is 0. The SMILES string of the molecule is N#Cc1cccc(/C(=C\C=O)c2cc(NC(c3ccccc3)(c3ccccc3)c3ccccc3)nc3c2nnn3C(c2ccccc2)(c2ccccc2)c2ccccc2)c1. The number of fused-ring (bicyclic) bond motifs is 1. The Hall–Kier alpha value is -8.21. The maximum Gasteiger partial charge on any atom is 0.182 e. The molecular formula is C53H38N6O. The lowest BCUT2D eigenvalue weighted by atomic mass is 9.77. The number of carbonyl (C=O) groups excluding carboxylic acids is 1. The molecule has 286 valence electrons. The van der Waals surface area contributed by atoms with Gasteiger partial charge in [0.1, 0.15) is 28.7 Å². The molecule has 0 radical (unpaired) electrons. The quantitative estimate of drug-likeness (QED) is 0.0754. The monoisotopic (exact) mass is 774 g/mol. The molecule has 0 atom stereocenters. The zero-order chi connectivity index (χ0) is 40.8. The number of aromatic nitrogens is 4. The first kappa shape index (κ1) is 37.4. The van der Waals surface area contributed by atoms with Crippen LogP contribution in [-0.4, -0.2) is 26.3 Å². The predicted octanol–water partition coefficient (Wildman–Crippen LogP) is 10.6. The fourth-order valence-electron chi connectivity index (χ4n) is 8.44. The van der Waals surface area contributed by atoms with Crippen molar-refractivity contribution in [2.45, 2.75) is 11.1 Å². The van der Waals surface area contributed by atoms with Gasteiger partial charge in [-0.05, 0) is 68.8 Å². The Kier molecular flexibility index (Phi) is 10.2. The minimum absolute atomic E-state index is 0.462. The van der Waals surface area contributed by atoms with Crippen molar-refractivity contribution < 1.29 is 4.79 Å². The molecule has 0 aliphatic carbocycles. The van der Waals surface area contributed by atoms with Gasteiger partial charge < -0.3 is 5.32 Å². The summed E-state index contributed by atoms with van der Waals surface area (Å²) >= 11 is 0. The maximum absolute atomic E-state index is 12.6. The van der Waals surface area contributed by atoms with Crippen LogP contribution in [0.3, 0.4) is 0 Å². The van der Waals surface area contributed by atoms with Gasteiger partial charge in [-0.2, -0.15) is 5.26 Å². The molecule has 0 aliphatic heterocycles. The van der Waals surface area contributed by atoms with Crippen molar-refractivity contribution in [2.24, 2.45) is 0 Å². The molecular weight excluding hydrogens is 737 g/mol. The number of pyridine rings is 1. The fraction of sp³-hybridized carbons (Fsp3) is 0.0377. The molecule has 9 aromatic rings. The van der Waals surface area contributed by atoms with Crippen molar-refractivity contribution in [3.63, 3.8) is 0 Å². The molecule has 1 N–H and O–H groups in total. The number of hydrogen-bond acceptors (Lipinski definition) is 6. The zero-order valence-electron chi connectivity index (χ0n) is 32.5. The molecule has 0 fully saturated rings.